The first-order valence-corrected chi connectivity index (χ1v) is 10.2. The number of nitrogens with one attached hydrogen (secondary N) is 2. The van der Waals surface area contributed by atoms with Crippen LogP contribution in [0.3, 0.4) is 0 Å². The van der Waals surface area contributed by atoms with E-state index in [9.17, 15) is 4.79 Å². The Morgan fingerprint density at radius 1 is 1.17 bits per heavy atom. The Bertz CT molecular complexity index is 913. The zero-order valence-corrected chi connectivity index (χ0v) is 17.5. The fourth-order valence-corrected chi connectivity index (χ4v) is 3.73. The van der Waals surface area contributed by atoms with Gasteiger partial charge in [0.15, 0.2) is 28.4 Å². The monoisotopic (exact) mass is 430 g/mol. The molecule has 30 heavy (non-hydrogen) atoms. The lowest BCUT2D eigenvalue weighted by atomic mass is 9.74. The number of anilines is 2. The van der Waals surface area contributed by atoms with Crippen molar-refractivity contribution < 1.29 is 4.79 Å². The van der Waals surface area contributed by atoms with Crippen molar-refractivity contribution in [1.29, 1.82) is 0 Å². The van der Waals surface area contributed by atoms with E-state index in [4.69, 9.17) is 28.8 Å². The fourth-order valence-electron chi connectivity index (χ4n) is 3.61. The largest absolute Gasteiger partial charge is 0.382 e. The first-order chi connectivity index (χ1) is 14.4. The van der Waals surface area contributed by atoms with Crippen molar-refractivity contribution in [2.75, 3.05) is 31.1 Å². The molecule has 1 aromatic carbocycles. The number of carbonyl (C=O) groups is 1. The maximum atomic E-state index is 12.4. The molecule has 0 unspecified atom stereocenters. The van der Waals surface area contributed by atoms with Crippen LogP contribution < -0.4 is 27.8 Å². The zero-order valence-electron chi connectivity index (χ0n) is 16.7. The van der Waals surface area contributed by atoms with E-state index in [1.54, 1.807) is 0 Å². The number of amides is 1. The molecule has 1 aliphatic heterocycles. The van der Waals surface area contributed by atoms with Gasteiger partial charge >= 0.3 is 5.91 Å². The summed E-state index contributed by atoms with van der Waals surface area (Å²) >= 11 is 5.83. The number of nitrogens with zero attached hydrogens (tertiary/aromatic N) is 3. The summed E-state index contributed by atoms with van der Waals surface area (Å²) in [7, 11) is 0. The first kappa shape index (κ1) is 21.8. The van der Waals surface area contributed by atoms with E-state index < -0.39 is 5.91 Å². The van der Waals surface area contributed by atoms with Crippen LogP contribution in [-0.2, 0) is 6.42 Å². The number of rotatable bonds is 6. The van der Waals surface area contributed by atoms with Crippen LogP contribution in [0.4, 0.5) is 11.6 Å². The summed E-state index contributed by atoms with van der Waals surface area (Å²) < 4.78 is 0. The summed E-state index contributed by atoms with van der Waals surface area (Å²) in [6.45, 7) is 2.51. The molecular weight excluding hydrogens is 404 g/mol. The quantitative estimate of drug-likeness (QED) is 0.339. The van der Waals surface area contributed by atoms with Gasteiger partial charge in [-0.25, -0.2) is 9.97 Å². The molecule has 10 heteroatoms. The number of carbonyl (C=O) groups excluding carboxylic acids is 1. The molecular formula is C20H27ClN8O. The Morgan fingerprint density at radius 3 is 2.57 bits per heavy atom. The van der Waals surface area contributed by atoms with Gasteiger partial charge in [0.2, 0.25) is 0 Å². The van der Waals surface area contributed by atoms with E-state index in [0.29, 0.717) is 6.54 Å². The molecule has 1 aromatic heterocycles. The maximum Gasteiger partial charge on any atom is 0.302 e. The molecule has 0 bridgehead atoms. The summed E-state index contributed by atoms with van der Waals surface area (Å²) in [6.07, 6.45) is 4.02. The Morgan fingerprint density at radius 2 is 1.87 bits per heavy atom. The number of piperidine rings is 1. The van der Waals surface area contributed by atoms with Crippen molar-refractivity contribution in [3.8, 4) is 0 Å². The summed E-state index contributed by atoms with van der Waals surface area (Å²) in [5.74, 6) is -0.912. The molecule has 9 nitrogen and oxygen atoms in total. The highest BCUT2D eigenvalue weighted by molar-refractivity contribution is 6.31. The number of nitrogen functional groups attached to an aromatic ring is 2. The smallest absolute Gasteiger partial charge is 0.302 e. The molecule has 0 spiro atoms. The topological polar surface area (TPSA) is 157 Å². The van der Waals surface area contributed by atoms with E-state index >= 15 is 0 Å². The third-order valence-electron chi connectivity index (χ3n) is 5.42. The highest BCUT2D eigenvalue weighted by Crippen LogP contribution is 2.33. The van der Waals surface area contributed by atoms with Crippen LogP contribution in [0.2, 0.25) is 5.15 Å². The molecule has 0 atom stereocenters. The molecule has 1 fully saturated rings. The Kier molecular flexibility index (Phi) is 7.07. The fraction of sp³-hybridized carbons (Fsp3) is 0.400. The number of halogens is 1. The van der Waals surface area contributed by atoms with Gasteiger partial charge in [-0.15, -0.1) is 0 Å². The lowest BCUT2D eigenvalue weighted by Gasteiger charge is -2.38. The summed E-state index contributed by atoms with van der Waals surface area (Å²) in [4.78, 5) is 23.9. The van der Waals surface area contributed by atoms with E-state index in [2.05, 4.69) is 49.9 Å². The number of aliphatic imine (C=N–C) groups is 1. The number of nitrogens with two attached hydrogens (primary N) is 3. The van der Waals surface area contributed by atoms with Crippen LogP contribution in [-0.4, -0.2) is 41.5 Å². The van der Waals surface area contributed by atoms with Crippen LogP contribution in [0.1, 0.15) is 35.3 Å². The standard InChI is InChI=1S/C20H27ClN8O/c21-15-17(23)28-16(22)14(27-15)18(30)29-19(24)26-12-20(8-10-25-11-9-20)7-6-13-4-2-1-3-5-13/h1-5,25H,6-12H2,(H4,22,23,28)(H3,24,26,29,30). The number of benzene rings is 1. The third kappa shape index (κ3) is 5.58. The molecule has 8 N–H and O–H groups in total. The predicted molar refractivity (Wildman–Crippen MR) is 119 cm³/mol. The molecule has 2 heterocycles. The molecule has 160 valence electrons. The zero-order chi connectivity index (χ0) is 21.6. The maximum absolute atomic E-state index is 12.4. The van der Waals surface area contributed by atoms with Gasteiger partial charge in [-0.05, 0) is 49.8 Å². The van der Waals surface area contributed by atoms with Crippen LogP contribution in [0.25, 0.3) is 0 Å². The predicted octanol–water partition coefficient (Wildman–Crippen LogP) is 1.34. The molecule has 0 radical (unpaired) electrons. The number of aromatic nitrogens is 2. The van der Waals surface area contributed by atoms with Crippen LogP contribution >= 0.6 is 11.6 Å². The normalized spacial score (nSPS) is 16.2. The van der Waals surface area contributed by atoms with Crippen LogP contribution in [0.5, 0.6) is 0 Å². The second kappa shape index (κ2) is 9.73. The molecule has 1 saturated heterocycles. The number of aryl methyl sites for hydroxylation is 1. The van der Waals surface area contributed by atoms with Gasteiger partial charge in [-0.2, -0.15) is 4.99 Å². The van der Waals surface area contributed by atoms with E-state index in [1.165, 1.54) is 5.56 Å². The van der Waals surface area contributed by atoms with E-state index in [0.717, 1.165) is 38.8 Å². The molecule has 0 aliphatic carbocycles. The summed E-state index contributed by atoms with van der Waals surface area (Å²) in [6, 6.07) is 10.4. The van der Waals surface area contributed by atoms with Gasteiger partial charge in [-0.3, -0.25) is 4.79 Å². The van der Waals surface area contributed by atoms with Crippen molar-refractivity contribution in [2.45, 2.75) is 25.7 Å². The average Bonchev–Trinajstić information content (AvgIpc) is 2.75. The lowest BCUT2D eigenvalue weighted by Crippen LogP contribution is -2.46. The van der Waals surface area contributed by atoms with Crippen LogP contribution in [0, 0.1) is 5.41 Å². The molecule has 1 amide bonds. The molecule has 0 saturated carbocycles. The van der Waals surface area contributed by atoms with Crippen molar-refractivity contribution >= 4 is 35.1 Å². The van der Waals surface area contributed by atoms with Crippen molar-refractivity contribution in [3.05, 3.63) is 46.7 Å². The average molecular weight is 431 g/mol. The van der Waals surface area contributed by atoms with E-state index in [1.807, 2.05) is 6.07 Å². The van der Waals surface area contributed by atoms with Gasteiger partial charge in [0.1, 0.15) is 0 Å². The van der Waals surface area contributed by atoms with E-state index in [-0.39, 0.29) is 33.9 Å². The highest BCUT2D eigenvalue weighted by atomic mass is 35.5. The number of guanidine groups is 1. The molecule has 2 aromatic rings. The third-order valence-corrected chi connectivity index (χ3v) is 5.70. The Balaban J connectivity index is 1.65. The summed E-state index contributed by atoms with van der Waals surface area (Å²) in [5, 5.41) is 6.40. The van der Waals surface area contributed by atoms with Crippen molar-refractivity contribution in [3.63, 3.8) is 0 Å². The Labute approximate surface area is 180 Å². The minimum atomic E-state index is -0.726. The number of hydrogen-bond acceptors (Lipinski definition) is 6. The van der Waals surface area contributed by atoms with Crippen LogP contribution in [0.15, 0.2) is 35.3 Å². The molecule has 3 rings (SSSR count). The second-order valence-corrected chi connectivity index (χ2v) is 7.88. The van der Waals surface area contributed by atoms with Gasteiger partial charge in [0.05, 0.1) is 0 Å². The minimum Gasteiger partial charge on any atom is -0.382 e. The Hall–Kier alpha value is -2.91. The first-order valence-electron chi connectivity index (χ1n) is 9.84. The van der Waals surface area contributed by atoms with Gasteiger partial charge in [0, 0.05) is 6.54 Å². The minimum absolute atomic E-state index is 0.00627. The summed E-state index contributed by atoms with van der Waals surface area (Å²) in [5.41, 5.74) is 18.4. The SMILES string of the molecule is N/C(=N\C(=O)c1nc(Cl)c(N)nc1N)NCC1(CCc2ccccc2)CCNCC1. The van der Waals surface area contributed by atoms with Gasteiger partial charge in [-0.1, -0.05) is 41.9 Å². The second-order valence-electron chi connectivity index (χ2n) is 7.52. The highest BCUT2D eigenvalue weighted by Gasteiger charge is 2.31. The van der Waals surface area contributed by atoms with Crippen molar-refractivity contribution in [2.24, 2.45) is 16.1 Å². The number of hydrogen-bond donors (Lipinski definition) is 5. The molecule has 1 aliphatic rings. The van der Waals surface area contributed by atoms with Crippen molar-refractivity contribution in [1.82, 2.24) is 20.6 Å². The van der Waals surface area contributed by atoms with Gasteiger partial charge in [0.25, 0.3) is 0 Å². The van der Waals surface area contributed by atoms with Gasteiger partial charge < -0.3 is 27.8 Å². The lowest BCUT2D eigenvalue weighted by molar-refractivity contribution is 0.0998.